The molecule has 1 unspecified atom stereocenters. The van der Waals surface area contributed by atoms with Gasteiger partial charge in [0.05, 0.1) is 10.6 Å². The Morgan fingerprint density at radius 1 is 1.50 bits per heavy atom. The van der Waals surface area contributed by atoms with Gasteiger partial charge in [-0.3, -0.25) is 0 Å². The molecule has 2 nitrogen and oxygen atoms in total. The zero-order chi connectivity index (χ0) is 10.1. The molecule has 0 spiro atoms. The van der Waals surface area contributed by atoms with Crippen molar-refractivity contribution >= 4 is 22.7 Å². The van der Waals surface area contributed by atoms with Crippen molar-refractivity contribution < 1.29 is 0 Å². The van der Waals surface area contributed by atoms with Crippen LogP contribution in [0, 0.1) is 6.92 Å². The average Bonchev–Trinajstić information content (AvgIpc) is 2.70. The molecule has 0 aliphatic heterocycles. The summed E-state index contributed by atoms with van der Waals surface area (Å²) in [5.41, 5.74) is 6.92. The van der Waals surface area contributed by atoms with Gasteiger partial charge < -0.3 is 5.73 Å². The third kappa shape index (κ3) is 1.73. The van der Waals surface area contributed by atoms with Crippen molar-refractivity contribution in [2.24, 2.45) is 5.73 Å². The van der Waals surface area contributed by atoms with Crippen LogP contribution in [-0.2, 0) is 0 Å². The molecule has 0 aliphatic carbocycles. The minimum absolute atomic E-state index is 0.0845. The summed E-state index contributed by atoms with van der Waals surface area (Å²) in [6, 6.07) is 4.22. The van der Waals surface area contributed by atoms with Crippen LogP contribution in [0.15, 0.2) is 17.5 Å². The zero-order valence-corrected chi connectivity index (χ0v) is 9.78. The maximum absolute atomic E-state index is 5.86. The van der Waals surface area contributed by atoms with Gasteiger partial charge in [-0.15, -0.1) is 22.7 Å². The zero-order valence-electron chi connectivity index (χ0n) is 8.15. The van der Waals surface area contributed by atoms with Crippen molar-refractivity contribution in [1.82, 2.24) is 4.98 Å². The van der Waals surface area contributed by atoms with E-state index in [0.717, 1.165) is 10.7 Å². The van der Waals surface area contributed by atoms with Gasteiger partial charge in [-0.25, -0.2) is 4.98 Å². The maximum Gasteiger partial charge on any atom is 0.133 e. The van der Waals surface area contributed by atoms with Crippen molar-refractivity contribution in [3.05, 3.63) is 28.1 Å². The van der Waals surface area contributed by atoms with E-state index in [1.807, 2.05) is 19.9 Å². The fraction of sp³-hybridized carbons (Fsp3) is 0.300. The predicted molar refractivity (Wildman–Crippen MR) is 62.8 cm³/mol. The minimum Gasteiger partial charge on any atom is -0.323 e. The Bertz CT molecular complexity index is 415. The number of aromatic nitrogens is 1. The van der Waals surface area contributed by atoms with Crippen LogP contribution < -0.4 is 5.73 Å². The van der Waals surface area contributed by atoms with Crippen LogP contribution in [0.25, 0.3) is 9.88 Å². The summed E-state index contributed by atoms with van der Waals surface area (Å²) in [5, 5.41) is 3.15. The Kier molecular flexibility index (Phi) is 2.67. The highest BCUT2D eigenvalue weighted by atomic mass is 32.1. The Balaban J connectivity index is 2.43. The van der Waals surface area contributed by atoms with Crippen LogP contribution in [0.2, 0.25) is 0 Å². The lowest BCUT2D eigenvalue weighted by Gasteiger charge is -1.99. The molecule has 4 heteroatoms. The topological polar surface area (TPSA) is 38.9 Å². The Morgan fingerprint density at radius 2 is 2.29 bits per heavy atom. The summed E-state index contributed by atoms with van der Waals surface area (Å²) in [5.74, 6) is 0. The molecule has 0 aromatic carbocycles. The summed E-state index contributed by atoms with van der Waals surface area (Å²) < 4.78 is 0. The largest absolute Gasteiger partial charge is 0.323 e. The smallest absolute Gasteiger partial charge is 0.133 e. The Labute approximate surface area is 91.4 Å². The summed E-state index contributed by atoms with van der Waals surface area (Å²) >= 11 is 3.42. The highest BCUT2D eigenvalue weighted by molar-refractivity contribution is 7.21. The Morgan fingerprint density at radius 3 is 2.79 bits per heavy atom. The second-order valence-corrected chi connectivity index (χ2v) is 5.21. The number of thiophene rings is 1. The normalized spacial score (nSPS) is 13.1. The molecule has 0 bridgehead atoms. The van der Waals surface area contributed by atoms with Gasteiger partial charge in [-0.05, 0) is 25.3 Å². The van der Waals surface area contributed by atoms with Crippen LogP contribution in [-0.4, -0.2) is 4.98 Å². The molecular weight excluding hydrogens is 212 g/mol. The van der Waals surface area contributed by atoms with Crippen LogP contribution in [0.1, 0.15) is 23.5 Å². The van der Waals surface area contributed by atoms with Crippen molar-refractivity contribution in [3.63, 3.8) is 0 Å². The molecular formula is C10H12N2S2. The van der Waals surface area contributed by atoms with Crippen LogP contribution in [0.5, 0.6) is 0 Å². The number of aryl methyl sites for hydroxylation is 1. The first-order chi connectivity index (χ1) is 6.68. The summed E-state index contributed by atoms with van der Waals surface area (Å²) in [6.45, 7) is 4.02. The molecule has 0 radical (unpaired) electrons. The van der Waals surface area contributed by atoms with Gasteiger partial charge in [-0.2, -0.15) is 0 Å². The average molecular weight is 224 g/mol. The predicted octanol–water partition coefficient (Wildman–Crippen LogP) is 3.20. The standard InChI is InChI=1S/C10H12N2S2/c1-6(11)9-7(2)12-10(14-9)8-4-3-5-13-8/h3-6H,11H2,1-2H3. The molecule has 0 amide bonds. The molecule has 14 heavy (non-hydrogen) atoms. The SMILES string of the molecule is Cc1nc(-c2cccs2)sc1C(C)N. The molecule has 1 atom stereocenters. The number of hydrogen-bond acceptors (Lipinski definition) is 4. The van der Waals surface area contributed by atoms with Crippen molar-refractivity contribution in [2.45, 2.75) is 19.9 Å². The number of rotatable bonds is 2. The van der Waals surface area contributed by atoms with Crippen LogP contribution >= 0.6 is 22.7 Å². The highest BCUT2D eigenvalue weighted by Gasteiger charge is 2.12. The molecule has 0 saturated carbocycles. The molecule has 2 aromatic rings. The first-order valence-corrected chi connectivity index (χ1v) is 6.15. The maximum atomic E-state index is 5.86. The number of nitrogens with zero attached hydrogens (tertiary/aromatic N) is 1. The molecule has 0 fully saturated rings. The molecule has 2 N–H and O–H groups in total. The van der Waals surface area contributed by atoms with Gasteiger partial charge in [0.25, 0.3) is 0 Å². The van der Waals surface area contributed by atoms with Crippen LogP contribution in [0.3, 0.4) is 0 Å². The fourth-order valence-electron chi connectivity index (χ4n) is 1.34. The summed E-state index contributed by atoms with van der Waals surface area (Å²) in [6.07, 6.45) is 0. The minimum atomic E-state index is 0.0845. The monoisotopic (exact) mass is 224 g/mol. The van der Waals surface area contributed by atoms with E-state index in [9.17, 15) is 0 Å². The summed E-state index contributed by atoms with van der Waals surface area (Å²) in [7, 11) is 0. The van der Waals surface area contributed by atoms with Gasteiger partial charge >= 0.3 is 0 Å². The number of nitrogens with two attached hydrogens (primary N) is 1. The lowest BCUT2D eigenvalue weighted by molar-refractivity contribution is 0.825. The van der Waals surface area contributed by atoms with E-state index in [1.165, 1.54) is 9.75 Å². The number of hydrogen-bond donors (Lipinski definition) is 1. The van der Waals surface area contributed by atoms with Gasteiger partial charge in [-0.1, -0.05) is 6.07 Å². The van der Waals surface area contributed by atoms with Gasteiger partial charge in [0.1, 0.15) is 5.01 Å². The van der Waals surface area contributed by atoms with E-state index in [-0.39, 0.29) is 6.04 Å². The van der Waals surface area contributed by atoms with Gasteiger partial charge in [0, 0.05) is 10.9 Å². The van der Waals surface area contributed by atoms with Crippen molar-refractivity contribution in [3.8, 4) is 9.88 Å². The molecule has 0 aliphatic rings. The highest BCUT2D eigenvalue weighted by Crippen LogP contribution is 2.33. The van der Waals surface area contributed by atoms with E-state index >= 15 is 0 Å². The van der Waals surface area contributed by atoms with E-state index in [0.29, 0.717) is 0 Å². The van der Waals surface area contributed by atoms with E-state index < -0.39 is 0 Å². The first-order valence-electron chi connectivity index (χ1n) is 4.45. The Hall–Kier alpha value is -0.710. The quantitative estimate of drug-likeness (QED) is 0.850. The van der Waals surface area contributed by atoms with Crippen molar-refractivity contribution in [1.29, 1.82) is 0 Å². The second kappa shape index (κ2) is 3.81. The molecule has 2 heterocycles. The van der Waals surface area contributed by atoms with E-state index in [2.05, 4.69) is 16.4 Å². The third-order valence-electron chi connectivity index (χ3n) is 1.98. The van der Waals surface area contributed by atoms with E-state index in [1.54, 1.807) is 22.7 Å². The van der Waals surface area contributed by atoms with Gasteiger partial charge in [0.15, 0.2) is 0 Å². The molecule has 0 saturated heterocycles. The van der Waals surface area contributed by atoms with E-state index in [4.69, 9.17) is 5.73 Å². The molecule has 2 aromatic heterocycles. The summed E-state index contributed by atoms with van der Waals surface area (Å²) in [4.78, 5) is 6.94. The molecule has 74 valence electrons. The lowest BCUT2D eigenvalue weighted by atomic mass is 10.2. The lowest BCUT2D eigenvalue weighted by Crippen LogP contribution is -2.03. The number of thiazole rings is 1. The third-order valence-corrected chi connectivity index (χ3v) is 4.38. The fourth-order valence-corrected chi connectivity index (χ4v) is 3.15. The van der Waals surface area contributed by atoms with Crippen LogP contribution in [0.4, 0.5) is 0 Å². The van der Waals surface area contributed by atoms with Crippen molar-refractivity contribution in [2.75, 3.05) is 0 Å². The first kappa shape index (κ1) is 9.83. The second-order valence-electron chi connectivity index (χ2n) is 3.23. The molecule has 2 rings (SSSR count). The van der Waals surface area contributed by atoms with Gasteiger partial charge in [0.2, 0.25) is 0 Å².